The maximum atomic E-state index is 9.90. The summed E-state index contributed by atoms with van der Waals surface area (Å²) >= 11 is 3.40. The molecule has 4 heteroatoms. The van der Waals surface area contributed by atoms with Gasteiger partial charge in [-0.25, -0.2) is 0 Å². The van der Waals surface area contributed by atoms with Crippen molar-refractivity contribution in [3.8, 4) is 5.75 Å². The SMILES string of the molecule is CCC(C)(O)CNc1cc(Br)ccc1OC. The number of methoxy groups -OCH3 is 1. The van der Waals surface area contributed by atoms with E-state index in [1.54, 1.807) is 7.11 Å². The summed E-state index contributed by atoms with van der Waals surface area (Å²) in [5.74, 6) is 0.773. The molecule has 3 nitrogen and oxygen atoms in total. The molecular formula is C12H18BrNO2. The van der Waals surface area contributed by atoms with Crippen LogP contribution in [-0.2, 0) is 0 Å². The van der Waals surface area contributed by atoms with Crippen molar-refractivity contribution in [1.29, 1.82) is 0 Å². The Morgan fingerprint density at radius 2 is 2.19 bits per heavy atom. The lowest BCUT2D eigenvalue weighted by Gasteiger charge is -2.23. The summed E-state index contributed by atoms with van der Waals surface area (Å²) in [6, 6.07) is 5.74. The lowest BCUT2D eigenvalue weighted by molar-refractivity contribution is 0.0697. The molecule has 1 atom stereocenters. The lowest BCUT2D eigenvalue weighted by Crippen LogP contribution is -2.32. The number of halogens is 1. The van der Waals surface area contributed by atoms with E-state index in [1.807, 2.05) is 32.0 Å². The van der Waals surface area contributed by atoms with Gasteiger partial charge in [0.1, 0.15) is 5.75 Å². The van der Waals surface area contributed by atoms with E-state index in [2.05, 4.69) is 21.2 Å². The standard InChI is InChI=1S/C12H18BrNO2/c1-4-12(2,15)8-14-10-7-9(13)5-6-11(10)16-3/h5-7,14-15H,4,8H2,1-3H3. The monoisotopic (exact) mass is 287 g/mol. The Morgan fingerprint density at radius 1 is 1.50 bits per heavy atom. The first-order valence-corrected chi connectivity index (χ1v) is 6.07. The average molecular weight is 288 g/mol. The topological polar surface area (TPSA) is 41.5 Å². The molecule has 16 heavy (non-hydrogen) atoms. The first kappa shape index (κ1) is 13.3. The van der Waals surface area contributed by atoms with Crippen LogP contribution in [0.15, 0.2) is 22.7 Å². The summed E-state index contributed by atoms with van der Waals surface area (Å²) in [5.41, 5.74) is 0.179. The van der Waals surface area contributed by atoms with Crippen LogP contribution < -0.4 is 10.1 Å². The lowest BCUT2D eigenvalue weighted by atomic mass is 10.0. The normalized spacial score (nSPS) is 14.3. The predicted octanol–water partition coefficient (Wildman–Crippen LogP) is 3.03. The fourth-order valence-electron chi connectivity index (χ4n) is 1.23. The van der Waals surface area contributed by atoms with Gasteiger partial charge in [-0.15, -0.1) is 0 Å². The highest BCUT2D eigenvalue weighted by atomic mass is 79.9. The van der Waals surface area contributed by atoms with E-state index in [0.717, 1.165) is 15.9 Å². The van der Waals surface area contributed by atoms with Crippen LogP contribution in [0.2, 0.25) is 0 Å². The minimum atomic E-state index is -0.701. The van der Waals surface area contributed by atoms with Crippen molar-refractivity contribution in [1.82, 2.24) is 0 Å². The number of aliphatic hydroxyl groups is 1. The zero-order chi connectivity index (χ0) is 12.2. The first-order valence-electron chi connectivity index (χ1n) is 5.28. The molecule has 0 aromatic heterocycles. The molecule has 0 fully saturated rings. The van der Waals surface area contributed by atoms with E-state index >= 15 is 0 Å². The minimum absolute atomic E-state index is 0.496. The van der Waals surface area contributed by atoms with Crippen LogP contribution >= 0.6 is 15.9 Å². The highest BCUT2D eigenvalue weighted by Gasteiger charge is 2.17. The molecule has 0 aliphatic carbocycles. The molecule has 0 saturated carbocycles. The van der Waals surface area contributed by atoms with Crippen LogP contribution in [0.5, 0.6) is 5.75 Å². The Balaban J connectivity index is 2.76. The summed E-state index contributed by atoms with van der Waals surface area (Å²) < 4.78 is 6.21. The van der Waals surface area contributed by atoms with Gasteiger partial charge in [0.2, 0.25) is 0 Å². The van der Waals surface area contributed by atoms with Crippen LogP contribution in [-0.4, -0.2) is 24.4 Å². The largest absolute Gasteiger partial charge is 0.495 e. The number of hydrogen-bond acceptors (Lipinski definition) is 3. The van der Waals surface area contributed by atoms with Crippen molar-refractivity contribution < 1.29 is 9.84 Å². The molecule has 0 radical (unpaired) electrons. The smallest absolute Gasteiger partial charge is 0.142 e. The molecule has 1 aromatic rings. The van der Waals surface area contributed by atoms with Gasteiger partial charge in [0, 0.05) is 11.0 Å². The molecule has 1 unspecified atom stereocenters. The van der Waals surface area contributed by atoms with Gasteiger partial charge < -0.3 is 15.2 Å². The van der Waals surface area contributed by atoms with Gasteiger partial charge in [-0.3, -0.25) is 0 Å². The number of hydrogen-bond donors (Lipinski definition) is 2. The zero-order valence-corrected chi connectivity index (χ0v) is 11.5. The minimum Gasteiger partial charge on any atom is -0.495 e. The van der Waals surface area contributed by atoms with Crippen LogP contribution in [0.3, 0.4) is 0 Å². The van der Waals surface area contributed by atoms with Gasteiger partial charge in [0.25, 0.3) is 0 Å². The number of nitrogens with one attached hydrogen (secondary N) is 1. The van der Waals surface area contributed by atoms with Gasteiger partial charge in [-0.1, -0.05) is 22.9 Å². The van der Waals surface area contributed by atoms with Crippen molar-refractivity contribution >= 4 is 21.6 Å². The van der Waals surface area contributed by atoms with Gasteiger partial charge in [0.05, 0.1) is 18.4 Å². The van der Waals surface area contributed by atoms with Crippen molar-refractivity contribution in [2.45, 2.75) is 25.9 Å². The van der Waals surface area contributed by atoms with Crippen LogP contribution in [0.25, 0.3) is 0 Å². The average Bonchev–Trinajstić information content (AvgIpc) is 2.27. The third-order valence-corrected chi connectivity index (χ3v) is 3.08. The molecule has 90 valence electrons. The van der Waals surface area contributed by atoms with Gasteiger partial charge in [0.15, 0.2) is 0 Å². The molecule has 0 amide bonds. The van der Waals surface area contributed by atoms with E-state index in [0.29, 0.717) is 13.0 Å². The Bertz CT molecular complexity index is 353. The maximum absolute atomic E-state index is 9.90. The van der Waals surface area contributed by atoms with Crippen molar-refractivity contribution in [3.63, 3.8) is 0 Å². The zero-order valence-electron chi connectivity index (χ0n) is 9.88. The highest BCUT2D eigenvalue weighted by Crippen LogP contribution is 2.28. The van der Waals surface area contributed by atoms with E-state index in [-0.39, 0.29) is 0 Å². The molecule has 0 aliphatic rings. The molecule has 2 N–H and O–H groups in total. The summed E-state index contributed by atoms with van der Waals surface area (Å²) in [5, 5.41) is 13.1. The second kappa shape index (κ2) is 5.55. The second-order valence-electron chi connectivity index (χ2n) is 4.05. The Kier molecular flexibility index (Phi) is 4.62. The summed E-state index contributed by atoms with van der Waals surface area (Å²) in [6.45, 7) is 4.26. The van der Waals surface area contributed by atoms with Gasteiger partial charge in [-0.05, 0) is 31.5 Å². The van der Waals surface area contributed by atoms with E-state index in [1.165, 1.54) is 0 Å². The summed E-state index contributed by atoms with van der Waals surface area (Å²) in [4.78, 5) is 0. The van der Waals surface area contributed by atoms with Crippen LogP contribution in [0.1, 0.15) is 20.3 Å². The van der Waals surface area contributed by atoms with Gasteiger partial charge >= 0.3 is 0 Å². The Morgan fingerprint density at radius 3 is 2.75 bits per heavy atom. The summed E-state index contributed by atoms with van der Waals surface area (Å²) in [7, 11) is 1.63. The van der Waals surface area contributed by atoms with Crippen LogP contribution in [0, 0.1) is 0 Å². The van der Waals surface area contributed by atoms with E-state index in [4.69, 9.17) is 4.74 Å². The number of ether oxygens (including phenoxy) is 1. The second-order valence-corrected chi connectivity index (χ2v) is 4.96. The maximum Gasteiger partial charge on any atom is 0.142 e. The fourth-order valence-corrected chi connectivity index (χ4v) is 1.59. The molecule has 0 spiro atoms. The number of anilines is 1. The number of rotatable bonds is 5. The van der Waals surface area contributed by atoms with Crippen molar-refractivity contribution in [2.75, 3.05) is 19.0 Å². The van der Waals surface area contributed by atoms with E-state index < -0.39 is 5.60 Å². The summed E-state index contributed by atoms with van der Waals surface area (Å²) in [6.07, 6.45) is 0.705. The van der Waals surface area contributed by atoms with Crippen LogP contribution in [0.4, 0.5) is 5.69 Å². The Hall–Kier alpha value is -0.740. The highest BCUT2D eigenvalue weighted by molar-refractivity contribution is 9.10. The molecule has 0 heterocycles. The molecule has 0 bridgehead atoms. The predicted molar refractivity (Wildman–Crippen MR) is 70.1 cm³/mol. The van der Waals surface area contributed by atoms with Crippen molar-refractivity contribution in [3.05, 3.63) is 22.7 Å². The number of benzene rings is 1. The molecule has 0 saturated heterocycles. The third kappa shape index (κ3) is 3.68. The van der Waals surface area contributed by atoms with E-state index in [9.17, 15) is 5.11 Å². The molecule has 0 aliphatic heterocycles. The molecule has 1 rings (SSSR count). The fraction of sp³-hybridized carbons (Fsp3) is 0.500. The molecular weight excluding hydrogens is 270 g/mol. The Labute approximate surface area is 105 Å². The first-order chi connectivity index (χ1) is 7.48. The van der Waals surface area contributed by atoms with Crippen molar-refractivity contribution in [2.24, 2.45) is 0 Å². The quantitative estimate of drug-likeness (QED) is 0.875. The third-order valence-electron chi connectivity index (χ3n) is 2.58. The van der Waals surface area contributed by atoms with Gasteiger partial charge in [-0.2, -0.15) is 0 Å². The molecule has 1 aromatic carbocycles.